The van der Waals surface area contributed by atoms with Crippen LogP contribution in [-0.4, -0.2) is 42.3 Å². The first-order valence-electron chi connectivity index (χ1n) is 7.01. The van der Waals surface area contributed by atoms with Crippen molar-refractivity contribution in [3.8, 4) is 0 Å². The summed E-state index contributed by atoms with van der Waals surface area (Å²) in [6.45, 7) is 3.82. The molecule has 2 unspecified atom stereocenters. The van der Waals surface area contributed by atoms with E-state index < -0.39 is 21.9 Å². The van der Waals surface area contributed by atoms with Crippen molar-refractivity contribution < 1.29 is 17.6 Å². The lowest BCUT2D eigenvalue weighted by Crippen LogP contribution is -2.49. The Bertz CT molecular complexity index is 634. The number of rotatable bonds is 5. The van der Waals surface area contributed by atoms with Crippen LogP contribution in [0.4, 0.5) is 4.39 Å². The van der Waals surface area contributed by atoms with Gasteiger partial charge in [-0.15, -0.1) is 11.8 Å². The molecule has 1 saturated heterocycles. The van der Waals surface area contributed by atoms with Crippen LogP contribution in [-0.2, 0) is 14.8 Å². The molecule has 122 valence electrons. The lowest BCUT2D eigenvalue weighted by atomic mass is 10.2. The zero-order valence-corrected chi connectivity index (χ0v) is 14.1. The van der Waals surface area contributed by atoms with Crippen molar-refractivity contribution in [1.82, 2.24) is 9.62 Å². The third-order valence-electron chi connectivity index (χ3n) is 3.57. The van der Waals surface area contributed by atoms with Gasteiger partial charge >= 0.3 is 0 Å². The van der Waals surface area contributed by atoms with E-state index >= 15 is 0 Å². The Morgan fingerprint density at radius 2 is 2.09 bits per heavy atom. The number of benzene rings is 1. The van der Waals surface area contributed by atoms with Crippen LogP contribution in [0.3, 0.4) is 0 Å². The second-order valence-electron chi connectivity index (χ2n) is 5.18. The number of sulfonamides is 1. The Hall–Kier alpha value is -1.12. The summed E-state index contributed by atoms with van der Waals surface area (Å²) >= 11 is 1.39. The molecule has 0 aliphatic carbocycles. The van der Waals surface area contributed by atoms with E-state index in [-0.39, 0.29) is 22.7 Å². The maximum Gasteiger partial charge on any atom is 0.244 e. The average Bonchev–Trinajstić information content (AvgIpc) is 2.97. The average molecular weight is 346 g/mol. The van der Waals surface area contributed by atoms with Crippen molar-refractivity contribution in [3.63, 3.8) is 0 Å². The van der Waals surface area contributed by atoms with Gasteiger partial charge in [0.25, 0.3) is 0 Å². The molecule has 8 heteroatoms. The van der Waals surface area contributed by atoms with Gasteiger partial charge in [-0.3, -0.25) is 4.79 Å². The number of hydrogen-bond donors (Lipinski definition) is 1. The molecule has 1 aromatic carbocycles. The summed E-state index contributed by atoms with van der Waals surface area (Å²) in [5.74, 6) is -0.146. The molecular formula is C14H19FN2O3S2. The summed E-state index contributed by atoms with van der Waals surface area (Å²) in [4.78, 5) is 12.3. The summed E-state index contributed by atoms with van der Waals surface area (Å²) in [6, 6.07) is 3.91. The van der Waals surface area contributed by atoms with Crippen molar-refractivity contribution in [3.05, 3.63) is 30.1 Å². The third-order valence-corrected chi connectivity index (χ3v) is 6.61. The van der Waals surface area contributed by atoms with Gasteiger partial charge in [0.05, 0.1) is 10.8 Å². The van der Waals surface area contributed by atoms with E-state index in [9.17, 15) is 17.6 Å². The molecule has 1 aliphatic rings. The van der Waals surface area contributed by atoms with Crippen molar-refractivity contribution in [2.45, 2.75) is 37.2 Å². The van der Waals surface area contributed by atoms with Crippen LogP contribution >= 0.6 is 11.8 Å². The Morgan fingerprint density at radius 1 is 1.45 bits per heavy atom. The first kappa shape index (κ1) is 17.2. The Morgan fingerprint density at radius 3 is 2.68 bits per heavy atom. The molecule has 0 bridgehead atoms. The molecule has 1 amide bonds. The van der Waals surface area contributed by atoms with E-state index in [4.69, 9.17) is 0 Å². The van der Waals surface area contributed by atoms with E-state index in [0.29, 0.717) is 5.75 Å². The molecule has 0 spiro atoms. The number of carbonyl (C=O) groups is 1. The maximum absolute atomic E-state index is 13.0. The second kappa shape index (κ2) is 6.97. The fourth-order valence-electron chi connectivity index (χ4n) is 2.05. The van der Waals surface area contributed by atoms with Crippen LogP contribution < -0.4 is 5.32 Å². The van der Waals surface area contributed by atoms with Crippen LogP contribution in [0.5, 0.6) is 0 Å². The quantitative estimate of drug-likeness (QED) is 0.883. The van der Waals surface area contributed by atoms with Crippen LogP contribution in [0, 0.1) is 5.82 Å². The summed E-state index contributed by atoms with van der Waals surface area (Å²) in [6.07, 6.45) is 0.774. The molecule has 0 aromatic heterocycles. The van der Waals surface area contributed by atoms with E-state index in [2.05, 4.69) is 5.32 Å². The van der Waals surface area contributed by atoms with E-state index in [0.717, 1.165) is 18.6 Å². The van der Waals surface area contributed by atoms with Gasteiger partial charge in [-0.25, -0.2) is 12.8 Å². The topological polar surface area (TPSA) is 66.5 Å². The van der Waals surface area contributed by atoms with Crippen molar-refractivity contribution in [1.29, 1.82) is 0 Å². The van der Waals surface area contributed by atoms with Crippen LogP contribution in [0.25, 0.3) is 0 Å². The Labute approximate surface area is 134 Å². The highest BCUT2D eigenvalue weighted by Crippen LogP contribution is 2.28. The highest BCUT2D eigenvalue weighted by Gasteiger charge is 2.40. The number of thioether (sulfide) groups is 1. The monoisotopic (exact) mass is 346 g/mol. The molecule has 2 atom stereocenters. The van der Waals surface area contributed by atoms with Gasteiger partial charge in [0.1, 0.15) is 11.9 Å². The molecule has 1 fully saturated rings. The zero-order valence-electron chi connectivity index (χ0n) is 12.5. The van der Waals surface area contributed by atoms with Crippen LogP contribution in [0.15, 0.2) is 29.2 Å². The molecule has 2 rings (SSSR count). The first-order valence-corrected chi connectivity index (χ1v) is 9.61. The summed E-state index contributed by atoms with van der Waals surface area (Å²) in [5, 5.41) is 2.82. The molecule has 1 heterocycles. The van der Waals surface area contributed by atoms with Crippen molar-refractivity contribution in [2.75, 3.05) is 11.6 Å². The molecular weight excluding hydrogens is 327 g/mol. The maximum atomic E-state index is 13.0. The largest absolute Gasteiger partial charge is 0.352 e. The molecule has 1 aliphatic heterocycles. The van der Waals surface area contributed by atoms with Gasteiger partial charge in [0.15, 0.2) is 0 Å². The fraction of sp³-hybridized carbons (Fsp3) is 0.500. The predicted molar refractivity (Wildman–Crippen MR) is 84.4 cm³/mol. The summed E-state index contributed by atoms with van der Waals surface area (Å²) < 4.78 is 39.4. The Kier molecular flexibility index (Phi) is 5.46. The minimum Gasteiger partial charge on any atom is -0.352 e. The SMILES string of the molecule is CCC(C)NC(=O)C1CSCN1S(=O)(=O)c1ccc(F)cc1. The van der Waals surface area contributed by atoms with Gasteiger partial charge in [0, 0.05) is 11.8 Å². The Balaban J connectivity index is 2.22. The second-order valence-corrected chi connectivity index (χ2v) is 8.07. The number of hydrogen-bond acceptors (Lipinski definition) is 4. The molecule has 22 heavy (non-hydrogen) atoms. The van der Waals surface area contributed by atoms with Gasteiger partial charge in [-0.1, -0.05) is 6.92 Å². The molecule has 5 nitrogen and oxygen atoms in total. The highest BCUT2D eigenvalue weighted by molar-refractivity contribution is 8.00. The smallest absolute Gasteiger partial charge is 0.244 e. The summed E-state index contributed by atoms with van der Waals surface area (Å²) in [5.41, 5.74) is 0. The van der Waals surface area contributed by atoms with Gasteiger partial charge in [-0.05, 0) is 37.6 Å². The van der Waals surface area contributed by atoms with E-state index in [1.165, 1.54) is 28.2 Å². The van der Waals surface area contributed by atoms with Gasteiger partial charge in [-0.2, -0.15) is 4.31 Å². The molecule has 0 radical (unpaired) electrons. The number of nitrogens with zero attached hydrogens (tertiary/aromatic N) is 1. The predicted octanol–water partition coefficient (Wildman–Crippen LogP) is 1.80. The standard InChI is InChI=1S/C14H19FN2O3S2/c1-3-10(2)16-14(18)13-8-21-9-17(13)22(19,20)12-6-4-11(15)5-7-12/h4-7,10,13H,3,8-9H2,1-2H3,(H,16,18). The lowest BCUT2D eigenvalue weighted by Gasteiger charge is -2.24. The van der Waals surface area contributed by atoms with Crippen molar-refractivity contribution in [2.24, 2.45) is 0 Å². The molecule has 1 aromatic rings. The third kappa shape index (κ3) is 3.61. The minimum absolute atomic E-state index is 0.00209. The van der Waals surface area contributed by atoms with Crippen LogP contribution in [0.2, 0.25) is 0 Å². The zero-order chi connectivity index (χ0) is 16.3. The number of halogens is 1. The molecule has 0 saturated carbocycles. The number of amides is 1. The van der Waals surface area contributed by atoms with Crippen LogP contribution in [0.1, 0.15) is 20.3 Å². The molecule has 1 N–H and O–H groups in total. The van der Waals surface area contributed by atoms with Gasteiger partial charge in [0.2, 0.25) is 15.9 Å². The highest BCUT2D eigenvalue weighted by atomic mass is 32.2. The minimum atomic E-state index is -3.81. The first-order chi connectivity index (χ1) is 10.4. The summed E-state index contributed by atoms with van der Waals surface area (Å²) in [7, 11) is -3.81. The lowest BCUT2D eigenvalue weighted by molar-refractivity contribution is -0.124. The van der Waals surface area contributed by atoms with E-state index in [1.54, 1.807) is 0 Å². The fourth-order valence-corrected chi connectivity index (χ4v) is 5.20. The van der Waals surface area contributed by atoms with Gasteiger partial charge < -0.3 is 5.32 Å². The number of nitrogens with one attached hydrogen (secondary N) is 1. The van der Waals surface area contributed by atoms with Crippen molar-refractivity contribution >= 4 is 27.7 Å². The normalized spacial score (nSPS) is 20.8. The number of carbonyl (C=O) groups excluding carboxylic acids is 1. The van der Waals surface area contributed by atoms with E-state index in [1.807, 2.05) is 13.8 Å².